The van der Waals surface area contributed by atoms with E-state index in [0.29, 0.717) is 41.2 Å². The lowest BCUT2D eigenvalue weighted by Gasteiger charge is -2.21. The van der Waals surface area contributed by atoms with Gasteiger partial charge in [-0.1, -0.05) is 18.2 Å². The van der Waals surface area contributed by atoms with Gasteiger partial charge >= 0.3 is 10.3 Å². The fourth-order valence-corrected chi connectivity index (χ4v) is 3.67. The molecule has 0 aliphatic heterocycles. The highest BCUT2D eigenvalue weighted by atomic mass is 32.2. The van der Waals surface area contributed by atoms with E-state index in [0.717, 1.165) is 15.4 Å². The maximum absolute atomic E-state index is 11.7. The number of ether oxygens (including phenoxy) is 1. The van der Waals surface area contributed by atoms with Gasteiger partial charge in [-0.25, -0.2) is 4.98 Å². The van der Waals surface area contributed by atoms with Gasteiger partial charge in [0.15, 0.2) is 0 Å². The number of aromatic nitrogens is 2. The van der Waals surface area contributed by atoms with Gasteiger partial charge in [-0.05, 0) is 41.8 Å². The van der Waals surface area contributed by atoms with Crippen molar-refractivity contribution in [3.63, 3.8) is 0 Å². The van der Waals surface area contributed by atoms with Crippen molar-refractivity contribution in [3.8, 4) is 16.9 Å². The summed E-state index contributed by atoms with van der Waals surface area (Å²) in [6.45, 7) is 2.15. The molecule has 0 unspecified atom stereocenters. The van der Waals surface area contributed by atoms with Crippen molar-refractivity contribution in [3.05, 3.63) is 59.3 Å². The summed E-state index contributed by atoms with van der Waals surface area (Å²) in [5.74, 6) is 0.880. The number of rotatable bonds is 8. The SMILES string of the molecule is CCOc1cc(Cc2cnc(N)nc2N)cc(CN(C)S(=O)(=O)O)c1-c1cccc(N)c1. The number of hydrogen-bond donors (Lipinski definition) is 4. The maximum Gasteiger partial charge on any atom is 0.335 e. The molecule has 0 aliphatic carbocycles. The Hall–Kier alpha value is -3.41. The van der Waals surface area contributed by atoms with Crippen LogP contribution in [0.2, 0.25) is 0 Å². The van der Waals surface area contributed by atoms with Gasteiger partial charge in [0.1, 0.15) is 11.6 Å². The second-order valence-corrected chi connectivity index (χ2v) is 8.75. The van der Waals surface area contributed by atoms with Crippen LogP contribution >= 0.6 is 0 Å². The van der Waals surface area contributed by atoms with Gasteiger partial charge in [-0.15, -0.1) is 0 Å². The average Bonchev–Trinajstić information content (AvgIpc) is 2.69. The quantitative estimate of drug-likeness (QED) is 0.291. The van der Waals surface area contributed by atoms with Crippen molar-refractivity contribution in [2.45, 2.75) is 19.9 Å². The van der Waals surface area contributed by atoms with Crippen LogP contribution in [-0.4, -0.2) is 40.9 Å². The van der Waals surface area contributed by atoms with Crippen LogP contribution in [0, 0.1) is 0 Å². The summed E-state index contributed by atoms with van der Waals surface area (Å²) in [5.41, 5.74) is 21.6. The second-order valence-electron chi connectivity index (χ2n) is 7.24. The standard InChI is InChI=1S/C21H26N6O4S/c1-3-31-18-9-13(7-15-11-25-21(24)26-20(15)23)8-16(12-27(2)32(28,29)30)19(18)14-5-4-6-17(22)10-14/h4-6,8-11H,3,7,12,22H2,1-2H3,(H,28,29,30)(H4,23,24,25,26). The molecule has 170 valence electrons. The highest BCUT2D eigenvalue weighted by Crippen LogP contribution is 2.37. The zero-order valence-electron chi connectivity index (χ0n) is 17.8. The van der Waals surface area contributed by atoms with E-state index in [4.69, 9.17) is 21.9 Å². The summed E-state index contributed by atoms with van der Waals surface area (Å²) in [4.78, 5) is 7.98. The van der Waals surface area contributed by atoms with Crippen molar-refractivity contribution in [1.29, 1.82) is 0 Å². The van der Waals surface area contributed by atoms with Crippen LogP contribution in [-0.2, 0) is 23.3 Å². The summed E-state index contributed by atoms with van der Waals surface area (Å²) < 4.78 is 39.6. The first-order chi connectivity index (χ1) is 15.1. The normalized spacial score (nSPS) is 11.6. The third-order valence-electron chi connectivity index (χ3n) is 4.82. The Kier molecular flexibility index (Phi) is 6.82. The summed E-state index contributed by atoms with van der Waals surface area (Å²) in [7, 11) is -3.11. The molecular formula is C21H26N6O4S. The maximum atomic E-state index is 11.7. The first-order valence-electron chi connectivity index (χ1n) is 9.78. The highest BCUT2D eigenvalue weighted by Gasteiger charge is 2.21. The second kappa shape index (κ2) is 9.39. The molecule has 1 aromatic heterocycles. The Labute approximate surface area is 186 Å². The molecular weight excluding hydrogens is 432 g/mol. The Morgan fingerprint density at radius 1 is 1.12 bits per heavy atom. The predicted molar refractivity (Wildman–Crippen MR) is 124 cm³/mol. The summed E-state index contributed by atoms with van der Waals surface area (Å²) >= 11 is 0. The first kappa shape index (κ1) is 23.3. The molecule has 0 amide bonds. The smallest absolute Gasteiger partial charge is 0.335 e. The fraction of sp³-hybridized carbons (Fsp3) is 0.238. The number of anilines is 3. The Balaban J connectivity index is 2.18. The van der Waals surface area contributed by atoms with Crippen LogP contribution in [0.5, 0.6) is 5.75 Å². The van der Waals surface area contributed by atoms with Gasteiger partial charge in [0.05, 0.1) is 6.61 Å². The highest BCUT2D eigenvalue weighted by molar-refractivity contribution is 7.83. The Bertz CT molecular complexity index is 1230. The van der Waals surface area contributed by atoms with Crippen LogP contribution in [0.25, 0.3) is 11.1 Å². The predicted octanol–water partition coefficient (Wildman–Crippen LogP) is 2.11. The molecule has 0 aliphatic rings. The third-order valence-corrected chi connectivity index (χ3v) is 5.73. The zero-order chi connectivity index (χ0) is 23.5. The number of hydrogen-bond acceptors (Lipinski definition) is 8. The molecule has 0 saturated heterocycles. The Morgan fingerprint density at radius 2 is 1.88 bits per heavy atom. The molecule has 7 N–H and O–H groups in total. The van der Waals surface area contributed by atoms with E-state index < -0.39 is 10.3 Å². The van der Waals surface area contributed by atoms with E-state index in [9.17, 15) is 13.0 Å². The van der Waals surface area contributed by atoms with Crippen LogP contribution in [0.15, 0.2) is 42.6 Å². The topological polar surface area (TPSA) is 171 Å². The molecule has 0 spiro atoms. The molecule has 3 aromatic rings. The summed E-state index contributed by atoms with van der Waals surface area (Å²) in [6.07, 6.45) is 1.92. The average molecular weight is 459 g/mol. The first-order valence-corrected chi connectivity index (χ1v) is 11.2. The van der Waals surface area contributed by atoms with E-state index in [-0.39, 0.29) is 18.3 Å². The van der Waals surface area contributed by atoms with Gasteiger partial charge < -0.3 is 21.9 Å². The molecule has 0 fully saturated rings. The summed E-state index contributed by atoms with van der Waals surface area (Å²) in [6, 6.07) is 10.9. The molecule has 10 nitrogen and oxygen atoms in total. The van der Waals surface area contributed by atoms with Crippen LogP contribution < -0.4 is 21.9 Å². The van der Waals surface area contributed by atoms with Crippen molar-refractivity contribution >= 4 is 27.8 Å². The van der Waals surface area contributed by atoms with Crippen molar-refractivity contribution in [2.24, 2.45) is 0 Å². The lowest BCUT2D eigenvalue weighted by Crippen LogP contribution is -2.25. The van der Waals surface area contributed by atoms with Crippen molar-refractivity contribution in [1.82, 2.24) is 14.3 Å². The lowest BCUT2D eigenvalue weighted by molar-refractivity contribution is 0.340. The molecule has 1 heterocycles. The monoisotopic (exact) mass is 458 g/mol. The minimum atomic E-state index is -4.40. The lowest BCUT2D eigenvalue weighted by atomic mass is 9.93. The van der Waals surface area contributed by atoms with E-state index in [2.05, 4.69) is 9.97 Å². The zero-order valence-corrected chi connectivity index (χ0v) is 18.6. The third kappa shape index (κ3) is 5.44. The minimum Gasteiger partial charge on any atom is -0.493 e. The number of nitrogens with zero attached hydrogens (tertiary/aromatic N) is 3. The van der Waals surface area contributed by atoms with Crippen LogP contribution in [0.1, 0.15) is 23.6 Å². The molecule has 11 heteroatoms. The van der Waals surface area contributed by atoms with Crippen LogP contribution in [0.3, 0.4) is 0 Å². The summed E-state index contributed by atoms with van der Waals surface area (Å²) in [5, 5.41) is 0. The number of benzene rings is 2. The molecule has 2 aromatic carbocycles. The van der Waals surface area contributed by atoms with Crippen molar-refractivity contribution < 1.29 is 17.7 Å². The van der Waals surface area contributed by atoms with Crippen molar-refractivity contribution in [2.75, 3.05) is 30.9 Å². The Morgan fingerprint density at radius 3 is 2.50 bits per heavy atom. The van der Waals surface area contributed by atoms with Gasteiger partial charge in [0, 0.05) is 43.0 Å². The van der Waals surface area contributed by atoms with Crippen LogP contribution in [0.4, 0.5) is 17.5 Å². The molecule has 0 atom stereocenters. The van der Waals surface area contributed by atoms with E-state index >= 15 is 0 Å². The van der Waals surface area contributed by atoms with Gasteiger partial charge in [-0.3, -0.25) is 4.55 Å². The molecule has 0 bridgehead atoms. The molecule has 3 rings (SSSR count). The van der Waals surface area contributed by atoms with E-state index in [1.54, 1.807) is 24.4 Å². The number of nitrogens with two attached hydrogens (primary N) is 3. The fourth-order valence-electron chi connectivity index (χ4n) is 3.37. The number of nitrogen functional groups attached to an aromatic ring is 3. The molecule has 0 radical (unpaired) electrons. The van der Waals surface area contributed by atoms with Gasteiger partial charge in [0.25, 0.3) is 0 Å². The molecule has 0 saturated carbocycles. The van der Waals surface area contributed by atoms with Gasteiger partial charge in [-0.2, -0.15) is 17.7 Å². The molecule has 32 heavy (non-hydrogen) atoms. The largest absolute Gasteiger partial charge is 0.493 e. The minimum absolute atomic E-state index is 0.0775. The van der Waals surface area contributed by atoms with Gasteiger partial charge in [0.2, 0.25) is 5.95 Å². The van der Waals surface area contributed by atoms with E-state index in [1.807, 2.05) is 25.1 Å². The van der Waals surface area contributed by atoms with E-state index in [1.165, 1.54) is 7.05 Å².